The first-order valence-corrected chi connectivity index (χ1v) is 15.8. The molecule has 198 valence electrons. The van der Waals surface area contributed by atoms with Gasteiger partial charge in [-0.2, -0.15) is 0 Å². The van der Waals surface area contributed by atoms with Crippen molar-refractivity contribution in [1.82, 2.24) is 0 Å². The average Bonchev–Trinajstić information content (AvgIpc) is 2.91. The lowest BCUT2D eigenvalue weighted by atomic mass is 9.98. The lowest BCUT2D eigenvalue weighted by molar-refractivity contribution is 0.534. The minimum absolute atomic E-state index is 0.0429. The highest BCUT2D eigenvalue weighted by Crippen LogP contribution is 2.44. The molecule has 0 saturated carbocycles. The van der Waals surface area contributed by atoms with Crippen LogP contribution in [0.3, 0.4) is 0 Å². The predicted molar refractivity (Wildman–Crippen MR) is 158 cm³/mol. The molecule has 2 saturated heterocycles. The van der Waals surface area contributed by atoms with Gasteiger partial charge in [0, 0.05) is 48.4 Å². The summed E-state index contributed by atoms with van der Waals surface area (Å²) in [7, 11) is -1.02. The molecule has 2 atom stereocenters. The summed E-state index contributed by atoms with van der Waals surface area (Å²) in [6, 6.07) is 17.8. The van der Waals surface area contributed by atoms with E-state index in [1.807, 2.05) is 0 Å². The lowest BCUT2D eigenvalue weighted by Crippen LogP contribution is -2.32. The molecular weight excluding hydrogens is 460 g/mol. The standard InChI is InChI=1S/C32H48N2OS/c1-25(2)23-31(27-15-7-9-17-29(27)33-19-11-5-12-20-33)36(35)32(24-26(3)4)28-16-8-10-18-30(28)34-21-13-6-14-22-34/h7-10,15-18,25-26,31-32H,5-6,11-14,19-24H2,1-4H3. The van der Waals surface area contributed by atoms with E-state index in [4.69, 9.17) is 0 Å². The van der Waals surface area contributed by atoms with Gasteiger partial charge < -0.3 is 9.80 Å². The van der Waals surface area contributed by atoms with E-state index in [0.717, 1.165) is 39.0 Å². The van der Waals surface area contributed by atoms with Crippen LogP contribution >= 0.6 is 0 Å². The third-order valence-corrected chi connectivity index (χ3v) is 9.91. The SMILES string of the molecule is CC(C)CC(c1ccccc1N1CCCCC1)S(=O)C(CC(C)C)c1ccccc1N1CCCCC1. The molecule has 2 unspecified atom stereocenters. The number of nitrogens with zero attached hydrogens (tertiary/aromatic N) is 2. The molecule has 0 amide bonds. The van der Waals surface area contributed by atoms with Crippen molar-refractivity contribution in [1.29, 1.82) is 0 Å². The van der Waals surface area contributed by atoms with Crippen molar-refractivity contribution in [2.24, 2.45) is 11.8 Å². The third kappa shape index (κ3) is 6.73. The number of rotatable bonds is 10. The number of anilines is 2. The molecule has 4 heteroatoms. The molecule has 4 rings (SSSR count). The minimum Gasteiger partial charge on any atom is -0.371 e. The van der Waals surface area contributed by atoms with E-state index in [2.05, 4.69) is 86.0 Å². The van der Waals surface area contributed by atoms with Gasteiger partial charge in [-0.15, -0.1) is 0 Å². The van der Waals surface area contributed by atoms with Gasteiger partial charge in [-0.1, -0.05) is 64.1 Å². The Morgan fingerprint density at radius 1 is 0.611 bits per heavy atom. The largest absolute Gasteiger partial charge is 0.371 e. The fourth-order valence-corrected chi connectivity index (χ4v) is 8.56. The summed E-state index contributed by atoms with van der Waals surface area (Å²) in [5.41, 5.74) is 5.25. The molecule has 2 fully saturated rings. The average molecular weight is 509 g/mol. The van der Waals surface area contributed by atoms with Crippen LogP contribution in [0.4, 0.5) is 11.4 Å². The van der Waals surface area contributed by atoms with E-state index < -0.39 is 10.8 Å². The molecular formula is C32H48N2OS. The van der Waals surface area contributed by atoms with Crippen LogP contribution in [-0.4, -0.2) is 30.4 Å². The smallest absolute Gasteiger partial charge is 0.0626 e. The first-order valence-electron chi connectivity index (χ1n) is 14.5. The molecule has 2 aliphatic heterocycles. The van der Waals surface area contributed by atoms with E-state index in [-0.39, 0.29) is 10.5 Å². The topological polar surface area (TPSA) is 23.6 Å². The highest BCUT2D eigenvalue weighted by atomic mass is 32.2. The van der Waals surface area contributed by atoms with Gasteiger partial charge in [-0.25, -0.2) is 0 Å². The van der Waals surface area contributed by atoms with Crippen molar-refractivity contribution in [3.63, 3.8) is 0 Å². The summed E-state index contributed by atoms with van der Waals surface area (Å²) < 4.78 is 14.9. The van der Waals surface area contributed by atoms with Crippen LogP contribution in [0.2, 0.25) is 0 Å². The van der Waals surface area contributed by atoms with Gasteiger partial charge in [0.1, 0.15) is 0 Å². The van der Waals surface area contributed by atoms with Gasteiger partial charge in [-0.05, 0) is 86.5 Å². The highest BCUT2D eigenvalue weighted by Gasteiger charge is 2.33. The van der Waals surface area contributed by atoms with Gasteiger partial charge in [0.05, 0.1) is 10.5 Å². The molecule has 2 heterocycles. The second-order valence-electron chi connectivity index (χ2n) is 11.8. The van der Waals surface area contributed by atoms with E-state index in [1.165, 1.54) is 61.0 Å². The van der Waals surface area contributed by atoms with Crippen LogP contribution in [0.15, 0.2) is 48.5 Å². The van der Waals surface area contributed by atoms with Crippen molar-refractivity contribution in [3.8, 4) is 0 Å². The van der Waals surface area contributed by atoms with Crippen molar-refractivity contribution in [2.45, 2.75) is 89.6 Å². The van der Waals surface area contributed by atoms with Crippen LogP contribution < -0.4 is 9.80 Å². The number of hydrogen-bond acceptors (Lipinski definition) is 3. The molecule has 0 aromatic heterocycles. The fraction of sp³-hybridized carbons (Fsp3) is 0.625. The Morgan fingerprint density at radius 3 is 1.33 bits per heavy atom. The van der Waals surface area contributed by atoms with Crippen LogP contribution in [0, 0.1) is 11.8 Å². The zero-order valence-electron chi connectivity index (χ0n) is 23.1. The zero-order chi connectivity index (χ0) is 25.5. The second kappa shape index (κ2) is 13.1. The van der Waals surface area contributed by atoms with Crippen LogP contribution in [0.25, 0.3) is 0 Å². The molecule has 2 aromatic rings. The molecule has 0 spiro atoms. The normalized spacial score (nSPS) is 19.5. The third-order valence-electron chi connectivity index (χ3n) is 7.89. The summed E-state index contributed by atoms with van der Waals surface area (Å²) in [4.78, 5) is 5.12. The summed E-state index contributed by atoms with van der Waals surface area (Å²) in [6.45, 7) is 13.6. The van der Waals surface area contributed by atoms with Crippen LogP contribution in [-0.2, 0) is 10.8 Å². The van der Waals surface area contributed by atoms with E-state index in [9.17, 15) is 4.21 Å². The van der Waals surface area contributed by atoms with E-state index in [0.29, 0.717) is 11.8 Å². The first kappa shape index (κ1) is 27.2. The van der Waals surface area contributed by atoms with E-state index >= 15 is 0 Å². The Kier molecular flexibility index (Phi) is 9.93. The van der Waals surface area contributed by atoms with Gasteiger partial charge in [0.25, 0.3) is 0 Å². The van der Waals surface area contributed by atoms with Crippen LogP contribution in [0.5, 0.6) is 0 Å². The summed E-state index contributed by atoms with van der Waals surface area (Å²) in [5, 5.41) is 0.0857. The Bertz CT molecular complexity index is 898. The van der Waals surface area contributed by atoms with Crippen molar-refractivity contribution in [3.05, 3.63) is 59.7 Å². The maximum atomic E-state index is 14.9. The highest BCUT2D eigenvalue weighted by molar-refractivity contribution is 7.85. The molecule has 0 bridgehead atoms. The molecule has 0 radical (unpaired) electrons. The van der Waals surface area contributed by atoms with Crippen molar-refractivity contribution in [2.75, 3.05) is 36.0 Å². The number of hydrogen-bond donors (Lipinski definition) is 0. The first-order chi connectivity index (χ1) is 17.5. The monoisotopic (exact) mass is 508 g/mol. The number of para-hydroxylation sites is 2. The molecule has 2 aliphatic rings. The Hall–Kier alpha value is -1.81. The van der Waals surface area contributed by atoms with Crippen molar-refractivity contribution >= 4 is 22.2 Å². The van der Waals surface area contributed by atoms with Gasteiger partial charge >= 0.3 is 0 Å². The van der Waals surface area contributed by atoms with Gasteiger partial charge in [0.2, 0.25) is 0 Å². The van der Waals surface area contributed by atoms with Gasteiger partial charge in [0.15, 0.2) is 0 Å². The maximum Gasteiger partial charge on any atom is 0.0626 e. The summed E-state index contributed by atoms with van der Waals surface area (Å²) in [5.74, 6) is 0.982. The predicted octanol–water partition coefficient (Wildman–Crippen LogP) is 8.29. The van der Waals surface area contributed by atoms with Crippen molar-refractivity contribution < 1.29 is 4.21 Å². The quantitative estimate of drug-likeness (QED) is 0.322. The summed E-state index contributed by atoms with van der Waals surface area (Å²) in [6.07, 6.45) is 9.58. The Labute approximate surface area is 223 Å². The Morgan fingerprint density at radius 2 is 0.972 bits per heavy atom. The zero-order valence-corrected chi connectivity index (χ0v) is 23.9. The summed E-state index contributed by atoms with van der Waals surface area (Å²) >= 11 is 0. The molecule has 0 aliphatic carbocycles. The maximum absolute atomic E-state index is 14.9. The Balaban J connectivity index is 1.74. The second-order valence-corrected chi connectivity index (χ2v) is 13.6. The van der Waals surface area contributed by atoms with Crippen LogP contribution in [0.1, 0.15) is 101 Å². The molecule has 36 heavy (non-hydrogen) atoms. The lowest BCUT2D eigenvalue weighted by Gasteiger charge is -2.35. The van der Waals surface area contributed by atoms with E-state index in [1.54, 1.807) is 0 Å². The molecule has 3 nitrogen and oxygen atoms in total. The number of piperidine rings is 2. The minimum atomic E-state index is -1.02. The fourth-order valence-electron chi connectivity index (χ4n) is 6.11. The molecule has 0 N–H and O–H groups in total. The number of benzene rings is 2. The molecule has 2 aromatic carbocycles. The van der Waals surface area contributed by atoms with Gasteiger partial charge in [-0.3, -0.25) is 4.21 Å².